The average molecular weight is 556 g/mol. The minimum Gasteiger partial charge on any atom is -0.497 e. The normalized spacial score (nSPS) is 13.7. The zero-order valence-corrected chi connectivity index (χ0v) is 23.0. The van der Waals surface area contributed by atoms with E-state index in [-0.39, 0.29) is 36.1 Å². The fourth-order valence-corrected chi connectivity index (χ4v) is 6.02. The molecular weight excluding hydrogens is 526 g/mol. The maximum absolute atomic E-state index is 12.7. The number of hydrogen-bond acceptors (Lipinski definition) is 9. The van der Waals surface area contributed by atoms with Crippen molar-refractivity contribution in [3.63, 3.8) is 0 Å². The smallest absolute Gasteiger partial charge is 0.289 e. The molecule has 1 fully saturated rings. The van der Waals surface area contributed by atoms with E-state index < -0.39 is 11.8 Å². The zero-order chi connectivity index (χ0) is 27.2. The quantitative estimate of drug-likeness (QED) is 0.320. The second kappa shape index (κ2) is 12.3. The maximum Gasteiger partial charge on any atom is 0.289 e. The van der Waals surface area contributed by atoms with Crippen molar-refractivity contribution in [1.82, 2.24) is 25.7 Å². The number of aryl methyl sites for hydroxylation is 2. The van der Waals surface area contributed by atoms with Gasteiger partial charge in [-0.3, -0.25) is 30.0 Å². The zero-order valence-electron chi connectivity index (χ0n) is 21.4. The van der Waals surface area contributed by atoms with Crippen molar-refractivity contribution >= 4 is 46.2 Å². The van der Waals surface area contributed by atoms with Crippen molar-refractivity contribution < 1.29 is 23.9 Å². The third kappa shape index (κ3) is 6.62. The minimum absolute atomic E-state index is 0.0355. The second-order valence-electron chi connectivity index (χ2n) is 8.93. The number of aromatic nitrogens is 2. The number of ether oxygens (including phenoxy) is 1. The summed E-state index contributed by atoms with van der Waals surface area (Å²) in [7, 11) is 1.57. The third-order valence-corrected chi connectivity index (χ3v) is 8.41. The number of carbonyl (C=O) groups excluding carboxylic acids is 4. The third-order valence-electron chi connectivity index (χ3n) is 6.33. The lowest BCUT2D eigenvalue weighted by Gasteiger charge is -2.31. The molecule has 38 heavy (non-hydrogen) atoms. The number of carbonyl (C=O) groups is 4. The Labute approximate surface area is 228 Å². The van der Waals surface area contributed by atoms with Gasteiger partial charge in [0.25, 0.3) is 11.8 Å². The first-order valence-corrected chi connectivity index (χ1v) is 13.9. The molecule has 0 bridgehead atoms. The van der Waals surface area contributed by atoms with Crippen LogP contribution in [0.15, 0.2) is 29.6 Å². The molecule has 3 heterocycles. The van der Waals surface area contributed by atoms with Gasteiger partial charge in [-0.15, -0.1) is 22.7 Å². The molecule has 2 aromatic heterocycles. The van der Waals surface area contributed by atoms with Crippen molar-refractivity contribution in [3.05, 3.63) is 61.5 Å². The second-order valence-corrected chi connectivity index (χ2v) is 11.0. The van der Waals surface area contributed by atoms with E-state index in [1.54, 1.807) is 48.6 Å². The standard InChI is InChI=1S/C26H29N5O5S2/c1-15-23(38-16(2)27-15)25(35)30-29-24(34)20-14-37-26(28-20)18-10-12-31(13-11-18)22(33)9-8-21(32)17-4-6-19(36-3)7-5-17/h4-7,14,18H,8-13H2,1-3H3,(H,29,34)(H,30,35). The SMILES string of the molecule is COc1ccc(C(=O)CCC(=O)N2CCC(c3nc(C(=O)NNC(=O)c4sc(C)nc4C)cs3)CC2)cc1. The molecule has 0 aliphatic carbocycles. The molecule has 4 rings (SSSR count). The summed E-state index contributed by atoms with van der Waals surface area (Å²) >= 11 is 2.66. The van der Waals surface area contributed by atoms with Gasteiger partial charge in [0.05, 0.1) is 22.8 Å². The predicted molar refractivity (Wildman–Crippen MR) is 144 cm³/mol. The average Bonchev–Trinajstić information content (AvgIpc) is 3.56. The highest BCUT2D eigenvalue weighted by atomic mass is 32.1. The first-order chi connectivity index (χ1) is 18.2. The van der Waals surface area contributed by atoms with E-state index >= 15 is 0 Å². The van der Waals surface area contributed by atoms with E-state index in [2.05, 4.69) is 20.8 Å². The Morgan fingerprint density at radius 3 is 2.32 bits per heavy atom. The van der Waals surface area contributed by atoms with Gasteiger partial charge in [0, 0.05) is 42.8 Å². The van der Waals surface area contributed by atoms with Crippen LogP contribution in [0.2, 0.25) is 0 Å². The van der Waals surface area contributed by atoms with Crippen molar-refractivity contribution in [2.75, 3.05) is 20.2 Å². The summed E-state index contributed by atoms with van der Waals surface area (Å²) in [5.74, 6) is -0.195. The lowest BCUT2D eigenvalue weighted by molar-refractivity contribution is -0.132. The summed E-state index contributed by atoms with van der Waals surface area (Å²) < 4.78 is 5.11. The molecule has 0 saturated carbocycles. The Hall–Kier alpha value is -3.64. The number of nitrogens with zero attached hydrogens (tertiary/aromatic N) is 3. The number of hydrogen-bond donors (Lipinski definition) is 2. The molecule has 10 nitrogen and oxygen atoms in total. The van der Waals surface area contributed by atoms with Crippen LogP contribution in [0.25, 0.3) is 0 Å². The number of likely N-dealkylation sites (tertiary alicyclic amines) is 1. The minimum atomic E-state index is -0.492. The molecule has 1 aromatic carbocycles. The number of piperidine rings is 1. The van der Waals surface area contributed by atoms with Gasteiger partial charge < -0.3 is 9.64 Å². The molecule has 3 amide bonds. The number of amides is 3. The first kappa shape index (κ1) is 27.4. The number of Topliss-reactive ketones (excluding diaryl/α,β-unsaturated/α-hetero) is 1. The Morgan fingerprint density at radius 2 is 1.68 bits per heavy atom. The molecule has 2 N–H and O–H groups in total. The van der Waals surface area contributed by atoms with Crippen LogP contribution in [-0.2, 0) is 4.79 Å². The molecule has 0 unspecified atom stereocenters. The monoisotopic (exact) mass is 555 g/mol. The van der Waals surface area contributed by atoms with Crippen molar-refractivity contribution in [1.29, 1.82) is 0 Å². The maximum atomic E-state index is 12.7. The number of rotatable bonds is 8. The largest absolute Gasteiger partial charge is 0.497 e. The van der Waals surface area contributed by atoms with E-state index in [9.17, 15) is 19.2 Å². The highest BCUT2D eigenvalue weighted by molar-refractivity contribution is 7.13. The van der Waals surface area contributed by atoms with E-state index in [1.807, 2.05) is 6.92 Å². The Kier molecular flexibility index (Phi) is 8.85. The van der Waals surface area contributed by atoms with Crippen molar-refractivity contribution in [2.45, 2.75) is 45.4 Å². The van der Waals surface area contributed by atoms with Gasteiger partial charge >= 0.3 is 0 Å². The predicted octanol–water partition coefficient (Wildman–Crippen LogP) is 3.67. The number of thiazole rings is 2. The lowest BCUT2D eigenvalue weighted by Crippen LogP contribution is -2.41. The first-order valence-electron chi connectivity index (χ1n) is 12.2. The number of methoxy groups -OCH3 is 1. The molecular formula is C26H29N5O5S2. The number of benzene rings is 1. The Balaban J connectivity index is 1.22. The molecule has 200 valence electrons. The Morgan fingerprint density at radius 1 is 1.00 bits per heavy atom. The number of nitrogens with one attached hydrogen (secondary N) is 2. The topological polar surface area (TPSA) is 131 Å². The van der Waals surface area contributed by atoms with Crippen LogP contribution in [0.4, 0.5) is 0 Å². The Bertz CT molecular complexity index is 1330. The molecule has 0 radical (unpaired) electrons. The van der Waals surface area contributed by atoms with Gasteiger partial charge in [-0.25, -0.2) is 9.97 Å². The van der Waals surface area contributed by atoms with E-state index in [1.165, 1.54) is 22.7 Å². The number of hydrazine groups is 1. The lowest BCUT2D eigenvalue weighted by atomic mass is 9.97. The summed E-state index contributed by atoms with van der Waals surface area (Å²) in [5, 5.41) is 3.27. The summed E-state index contributed by atoms with van der Waals surface area (Å²) in [6.07, 6.45) is 1.79. The molecule has 0 spiro atoms. The van der Waals surface area contributed by atoms with E-state index in [0.29, 0.717) is 35.0 Å². The van der Waals surface area contributed by atoms with Gasteiger partial charge in [-0.2, -0.15) is 0 Å². The fourth-order valence-electron chi connectivity index (χ4n) is 4.23. The van der Waals surface area contributed by atoms with Crippen LogP contribution in [0.1, 0.15) is 77.8 Å². The van der Waals surface area contributed by atoms with Gasteiger partial charge in [-0.1, -0.05) is 0 Å². The van der Waals surface area contributed by atoms with Crippen LogP contribution in [0.5, 0.6) is 5.75 Å². The van der Waals surface area contributed by atoms with E-state index in [0.717, 1.165) is 22.9 Å². The van der Waals surface area contributed by atoms with Crippen LogP contribution >= 0.6 is 22.7 Å². The van der Waals surface area contributed by atoms with Gasteiger partial charge in [-0.05, 0) is 51.0 Å². The summed E-state index contributed by atoms with van der Waals surface area (Å²) in [6.45, 7) is 4.71. The van der Waals surface area contributed by atoms with Crippen LogP contribution in [0.3, 0.4) is 0 Å². The number of ketones is 1. The van der Waals surface area contributed by atoms with Gasteiger partial charge in [0.15, 0.2) is 5.78 Å². The van der Waals surface area contributed by atoms with Crippen molar-refractivity contribution in [2.24, 2.45) is 0 Å². The molecule has 1 aliphatic heterocycles. The van der Waals surface area contributed by atoms with Crippen LogP contribution in [-0.4, -0.2) is 58.6 Å². The summed E-state index contributed by atoms with van der Waals surface area (Å²) in [6, 6.07) is 6.87. The molecule has 0 atom stereocenters. The van der Waals surface area contributed by atoms with Crippen molar-refractivity contribution in [3.8, 4) is 5.75 Å². The summed E-state index contributed by atoms with van der Waals surface area (Å²) in [5.41, 5.74) is 6.24. The molecule has 1 aliphatic rings. The molecule has 12 heteroatoms. The van der Waals surface area contributed by atoms with E-state index in [4.69, 9.17) is 4.74 Å². The van der Waals surface area contributed by atoms with Crippen LogP contribution in [0, 0.1) is 13.8 Å². The van der Waals surface area contributed by atoms with Crippen LogP contribution < -0.4 is 15.6 Å². The molecule has 3 aromatic rings. The van der Waals surface area contributed by atoms with Gasteiger partial charge in [0.2, 0.25) is 5.91 Å². The molecule has 1 saturated heterocycles. The van der Waals surface area contributed by atoms with Gasteiger partial charge in [0.1, 0.15) is 16.3 Å². The highest BCUT2D eigenvalue weighted by Gasteiger charge is 2.27. The highest BCUT2D eigenvalue weighted by Crippen LogP contribution is 2.30. The summed E-state index contributed by atoms with van der Waals surface area (Å²) in [4.78, 5) is 60.8. The fraction of sp³-hybridized carbons (Fsp3) is 0.385.